The number of fused-ring (bicyclic) bond motifs is 1. The van der Waals surface area contributed by atoms with Gasteiger partial charge in [0.05, 0.1) is 35.9 Å². The lowest BCUT2D eigenvalue weighted by atomic mass is 9.94. The number of rotatable bonds is 6. The second-order valence-corrected chi connectivity index (χ2v) is 9.29. The van der Waals surface area contributed by atoms with Crippen molar-refractivity contribution in [3.63, 3.8) is 0 Å². The molecular formula is C24H23F9N6O. The number of nitrogens with one attached hydrogen (secondary N) is 1. The molecule has 3 aromatic rings. The lowest BCUT2D eigenvalue weighted by molar-refractivity contribution is -0.143. The molecule has 0 radical (unpaired) electrons. The van der Waals surface area contributed by atoms with E-state index in [9.17, 15) is 44.6 Å². The van der Waals surface area contributed by atoms with Crippen molar-refractivity contribution in [1.82, 2.24) is 20.2 Å². The van der Waals surface area contributed by atoms with Gasteiger partial charge in [-0.05, 0) is 65.9 Å². The van der Waals surface area contributed by atoms with Crippen LogP contribution in [-0.4, -0.2) is 38.5 Å². The predicted molar refractivity (Wildman–Crippen MR) is 124 cm³/mol. The van der Waals surface area contributed by atoms with Crippen LogP contribution in [0.25, 0.3) is 0 Å². The van der Waals surface area contributed by atoms with Crippen molar-refractivity contribution >= 4 is 11.6 Å². The van der Waals surface area contributed by atoms with Gasteiger partial charge in [-0.15, -0.1) is 5.10 Å². The summed E-state index contributed by atoms with van der Waals surface area (Å²) < 4.78 is 122. The number of anilines is 2. The minimum atomic E-state index is -5.08. The zero-order valence-corrected chi connectivity index (χ0v) is 20.8. The summed E-state index contributed by atoms with van der Waals surface area (Å²) in [4.78, 5) is 2.30. The molecule has 2 heterocycles. The van der Waals surface area contributed by atoms with Crippen molar-refractivity contribution in [2.75, 3.05) is 23.4 Å². The van der Waals surface area contributed by atoms with Gasteiger partial charge in [0, 0.05) is 18.8 Å². The predicted octanol–water partition coefficient (Wildman–Crippen LogP) is 5.98. The van der Waals surface area contributed by atoms with Crippen LogP contribution in [0.4, 0.5) is 51.1 Å². The third-order valence-electron chi connectivity index (χ3n) is 6.41. The van der Waals surface area contributed by atoms with Gasteiger partial charge in [-0.1, -0.05) is 11.2 Å². The third-order valence-corrected chi connectivity index (χ3v) is 6.41. The van der Waals surface area contributed by atoms with E-state index in [2.05, 4.69) is 20.7 Å². The van der Waals surface area contributed by atoms with Gasteiger partial charge in [-0.2, -0.15) is 44.3 Å². The fourth-order valence-corrected chi connectivity index (χ4v) is 4.62. The summed E-state index contributed by atoms with van der Waals surface area (Å²) in [7, 11) is 0. The number of hydrogen-bond donors (Lipinski definition) is 2. The van der Waals surface area contributed by atoms with Crippen LogP contribution in [0.2, 0.25) is 0 Å². The zero-order chi connectivity index (χ0) is 29.5. The molecule has 1 unspecified atom stereocenters. The van der Waals surface area contributed by atoms with E-state index in [0.717, 1.165) is 10.9 Å². The molecular weight excluding hydrogens is 559 g/mol. The van der Waals surface area contributed by atoms with E-state index in [1.54, 1.807) is 0 Å². The molecule has 0 fully saturated rings. The van der Waals surface area contributed by atoms with Crippen LogP contribution in [0.15, 0.2) is 30.3 Å². The van der Waals surface area contributed by atoms with Crippen molar-refractivity contribution < 1.29 is 44.6 Å². The smallest absolute Gasteiger partial charge is 0.394 e. The second-order valence-electron chi connectivity index (χ2n) is 9.29. The van der Waals surface area contributed by atoms with Gasteiger partial charge in [0.2, 0.25) is 0 Å². The van der Waals surface area contributed by atoms with Crippen molar-refractivity contribution in [1.29, 1.82) is 0 Å². The van der Waals surface area contributed by atoms with Crippen LogP contribution < -0.4 is 10.2 Å². The van der Waals surface area contributed by atoms with E-state index in [-0.39, 0.29) is 54.9 Å². The number of halogens is 9. The number of hydrogen-bond acceptors (Lipinski definition) is 6. The number of aliphatic hydroxyl groups excluding tert-OH is 1. The second kappa shape index (κ2) is 10.8. The van der Waals surface area contributed by atoms with E-state index in [1.165, 1.54) is 17.9 Å². The highest BCUT2D eigenvalue weighted by Gasteiger charge is 2.39. The van der Waals surface area contributed by atoms with E-state index >= 15 is 0 Å². The average molecular weight is 582 g/mol. The van der Waals surface area contributed by atoms with Gasteiger partial charge in [0.1, 0.15) is 0 Å². The maximum Gasteiger partial charge on any atom is 0.416 e. The topological polar surface area (TPSA) is 79.1 Å². The SMILES string of the molecule is Cc1cc2c(cc1C(F)(F)F)NCCCC2N(Cc1cc(C(F)(F)F)cc(C(F)(F)F)c1)c1nnn(CCO)n1. The minimum absolute atomic E-state index is 0.0104. The van der Waals surface area contributed by atoms with Crippen LogP contribution in [0, 0.1) is 6.92 Å². The van der Waals surface area contributed by atoms with Gasteiger partial charge in [0.25, 0.3) is 5.95 Å². The Morgan fingerprint density at radius 1 is 0.950 bits per heavy atom. The quantitative estimate of drug-likeness (QED) is 0.348. The summed E-state index contributed by atoms with van der Waals surface area (Å²) >= 11 is 0. The van der Waals surface area contributed by atoms with Gasteiger partial charge in [-0.3, -0.25) is 0 Å². The normalized spacial score (nSPS) is 16.3. The number of benzene rings is 2. The first kappa shape index (κ1) is 29.4. The number of nitrogens with zero attached hydrogens (tertiary/aromatic N) is 5. The van der Waals surface area contributed by atoms with Gasteiger partial charge in [-0.25, -0.2) is 0 Å². The molecule has 0 saturated carbocycles. The number of aromatic nitrogens is 4. The van der Waals surface area contributed by atoms with Crippen molar-refractivity contribution in [2.45, 2.75) is 57.4 Å². The standard InChI is InChI=1S/C24H23F9N6O/c1-13-7-17-19(11-18(13)24(31,32)33)34-4-2-3-20(17)38(21-35-37-39(36-21)5-6-40)12-14-8-15(22(25,26)27)10-16(9-14)23(28,29)30/h7-11,20,34,40H,2-6,12H2,1H3. The van der Waals surface area contributed by atoms with Gasteiger partial charge >= 0.3 is 18.5 Å². The van der Waals surface area contributed by atoms with Gasteiger partial charge < -0.3 is 15.3 Å². The Kier molecular flexibility index (Phi) is 7.93. The molecule has 1 aliphatic rings. The Labute approximate surface area is 221 Å². The number of alkyl halides is 9. The maximum atomic E-state index is 13.6. The molecule has 2 aromatic carbocycles. The first-order valence-corrected chi connectivity index (χ1v) is 12.0. The highest BCUT2D eigenvalue weighted by molar-refractivity contribution is 5.60. The maximum absolute atomic E-state index is 13.6. The summed E-state index contributed by atoms with van der Waals surface area (Å²) in [5.41, 5.74) is -3.94. The zero-order valence-electron chi connectivity index (χ0n) is 20.8. The molecule has 2 N–H and O–H groups in total. The van der Waals surface area contributed by atoms with Crippen LogP contribution in [0.5, 0.6) is 0 Å². The number of tetrazole rings is 1. The largest absolute Gasteiger partial charge is 0.416 e. The van der Waals surface area contributed by atoms with Crippen molar-refractivity contribution in [3.8, 4) is 0 Å². The Bertz CT molecular complexity index is 1320. The van der Waals surface area contributed by atoms with Crippen LogP contribution in [0.3, 0.4) is 0 Å². The molecule has 0 bridgehead atoms. The Morgan fingerprint density at radius 2 is 1.60 bits per heavy atom. The summed E-state index contributed by atoms with van der Waals surface area (Å²) in [5.74, 6) is -0.185. The summed E-state index contributed by atoms with van der Waals surface area (Å²) in [6, 6.07) is 2.54. The Balaban J connectivity index is 1.87. The average Bonchev–Trinajstić information content (AvgIpc) is 3.20. The molecule has 1 aromatic heterocycles. The van der Waals surface area contributed by atoms with Crippen LogP contribution in [0.1, 0.15) is 52.3 Å². The molecule has 40 heavy (non-hydrogen) atoms. The minimum Gasteiger partial charge on any atom is -0.394 e. The van der Waals surface area contributed by atoms with E-state index in [1.807, 2.05) is 0 Å². The van der Waals surface area contributed by atoms with E-state index < -0.39 is 47.8 Å². The van der Waals surface area contributed by atoms with Gasteiger partial charge in [0.15, 0.2) is 0 Å². The lowest BCUT2D eigenvalue weighted by Gasteiger charge is -2.32. The lowest BCUT2D eigenvalue weighted by Crippen LogP contribution is -2.30. The molecule has 218 valence electrons. The number of aryl methyl sites for hydroxylation is 1. The van der Waals surface area contributed by atoms with Crippen LogP contribution >= 0.6 is 0 Å². The summed E-state index contributed by atoms with van der Waals surface area (Å²) in [6.07, 6.45) is -14.1. The first-order valence-electron chi connectivity index (χ1n) is 12.0. The monoisotopic (exact) mass is 582 g/mol. The highest BCUT2D eigenvalue weighted by Crippen LogP contribution is 2.42. The van der Waals surface area contributed by atoms with Crippen molar-refractivity contribution in [3.05, 3.63) is 63.7 Å². The molecule has 0 amide bonds. The summed E-state index contributed by atoms with van der Waals surface area (Å²) in [6.45, 7) is 0.493. The fourth-order valence-electron chi connectivity index (χ4n) is 4.62. The molecule has 0 aliphatic carbocycles. The van der Waals surface area contributed by atoms with E-state index in [0.29, 0.717) is 24.1 Å². The molecule has 0 spiro atoms. The van der Waals surface area contributed by atoms with Crippen molar-refractivity contribution in [2.24, 2.45) is 0 Å². The third kappa shape index (κ3) is 6.42. The molecule has 7 nitrogen and oxygen atoms in total. The highest BCUT2D eigenvalue weighted by atomic mass is 19.4. The molecule has 0 saturated heterocycles. The molecule has 1 atom stereocenters. The fraction of sp³-hybridized carbons (Fsp3) is 0.458. The first-order chi connectivity index (χ1) is 18.6. The Morgan fingerprint density at radius 3 is 2.17 bits per heavy atom. The molecule has 16 heteroatoms. The van der Waals surface area contributed by atoms with Crippen LogP contribution in [-0.2, 0) is 31.6 Å². The molecule has 1 aliphatic heterocycles. The summed E-state index contributed by atoms with van der Waals surface area (Å²) in [5, 5.41) is 23.9. The molecule has 4 rings (SSSR count). The number of aliphatic hydroxyl groups is 1. The van der Waals surface area contributed by atoms with E-state index in [4.69, 9.17) is 0 Å². The Hall–Kier alpha value is -3.56.